The Morgan fingerprint density at radius 1 is 1.15 bits per heavy atom. The Morgan fingerprint density at radius 3 is 2.44 bits per heavy atom. The van der Waals surface area contributed by atoms with E-state index in [2.05, 4.69) is 39.8 Å². The van der Waals surface area contributed by atoms with E-state index in [9.17, 15) is 4.79 Å². The molecule has 0 N–H and O–H groups in total. The molecule has 0 aliphatic carbocycles. The molecule has 1 amide bonds. The third-order valence-electron chi connectivity index (χ3n) is 5.52. The number of carbonyl (C=O) groups excluding carboxylic acids is 1. The number of rotatable bonds is 2. The average molecular weight is 401 g/mol. The molecular formula is C22H22Cl2N2O. The summed E-state index contributed by atoms with van der Waals surface area (Å²) in [5, 5.41) is 1.01. The van der Waals surface area contributed by atoms with Crippen LogP contribution in [0, 0.1) is 0 Å². The van der Waals surface area contributed by atoms with Crippen LogP contribution in [0.2, 0.25) is 10.0 Å². The number of hydrogen-bond donors (Lipinski definition) is 0. The number of benzene rings is 2. The van der Waals surface area contributed by atoms with E-state index in [1.807, 2.05) is 4.90 Å². The van der Waals surface area contributed by atoms with Gasteiger partial charge in [0.25, 0.3) is 5.91 Å². The van der Waals surface area contributed by atoms with Crippen LogP contribution in [0.25, 0.3) is 0 Å². The second-order valence-corrected chi connectivity index (χ2v) is 8.95. The number of aliphatic imine (C=N–C) groups is 1. The summed E-state index contributed by atoms with van der Waals surface area (Å²) < 4.78 is 0. The molecule has 2 aromatic carbocycles. The molecule has 0 bridgehead atoms. The molecule has 0 fully saturated rings. The fourth-order valence-electron chi connectivity index (χ4n) is 4.42. The van der Waals surface area contributed by atoms with Gasteiger partial charge in [0.05, 0.1) is 11.4 Å². The van der Waals surface area contributed by atoms with E-state index in [-0.39, 0.29) is 11.4 Å². The van der Waals surface area contributed by atoms with Crippen molar-refractivity contribution in [1.82, 2.24) is 0 Å². The maximum absolute atomic E-state index is 13.4. The van der Waals surface area contributed by atoms with E-state index in [4.69, 9.17) is 28.2 Å². The fraction of sp³-hybridized carbons (Fsp3) is 0.364. The standard InChI is InChI=1S/C22H22Cl2N2O/c1-5-13-6-17-12(2)11-22(3,4)26-20(17)18(7-13)19(21(26)27)25-16-9-14(23)8-15(24)10-16/h6-10,12H,5,11H2,1-4H3/t12-/m1/s1. The number of hydrogen-bond acceptors (Lipinski definition) is 2. The number of carbonyl (C=O) groups is 1. The maximum atomic E-state index is 13.4. The molecule has 4 rings (SSSR count). The summed E-state index contributed by atoms with van der Waals surface area (Å²) in [7, 11) is 0. The minimum absolute atomic E-state index is 0.0486. The van der Waals surface area contributed by atoms with Crippen LogP contribution in [-0.2, 0) is 11.2 Å². The van der Waals surface area contributed by atoms with Crippen LogP contribution in [0.4, 0.5) is 11.4 Å². The highest BCUT2D eigenvalue weighted by Crippen LogP contribution is 2.49. The van der Waals surface area contributed by atoms with Gasteiger partial charge in [-0.2, -0.15) is 0 Å². The monoisotopic (exact) mass is 400 g/mol. The first-order valence-corrected chi connectivity index (χ1v) is 10.0. The molecule has 1 atom stereocenters. The second kappa shape index (κ2) is 6.35. The lowest BCUT2D eigenvalue weighted by Crippen LogP contribution is -2.50. The molecule has 27 heavy (non-hydrogen) atoms. The van der Waals surface area contributed by atoms with Gasteiger partial charge in [-0.05, 0) is 68.0 Å². The molecule has 0 aromatic heterocycles. The van der Waals surface area contributed by atoms with Crippen molar-refractivity contribution >= 4 is 46.2 Å². The molecule has 3 nitrogen and oxygen atoms in total. The summed E-state index contributed by atoms with van der Waals surface area (Å²) in [5.74, 6) is 0.344. The Kier molecular flexibility index (Phi) is 4.36. The van der Waals surface area contributed by atoms with Crippen LogP contribution in [-0.4, -0.2) is 17.2 Å². The summed E-state index contributed by atoms with van der Waals surface area (Å²) in [5.41, 5.74) is 5.22. The highest BCUT2D eigenvalue weighted by atomic mass is 35.5. The molecule has 2 heterocycles. The lowest BCUT2D eigenvalue weighted by molar-refractivity contribution is -0.113. The number of aryl methyl sites for hydroxylation is 1. The SMILES string of the molecule is CCc1cc2c3c(c1)[C@H](C)CC(C)(C)N3C(=O)C2=Nc1cc(Cl)cc(Cl)c1. The fourth-order valence-corrected chi connectivity index (χ4v) is 4.94. The smallest absolute Gasteiger partial charge is 0.278 e. The van der Waals surface area contributed by atoms with Gasteiger partial charge < -0.3 is 4.90 Å². The van der Waals surface area contributed by atoms with E-state index in [1.54, 1.807) is 18.2 Å². The van der Waals surface area contributed by atoms with Crippen molar-refractivity contribution in [3.63, 3.8) is 0 Å². The average Bonchev–Trinajstić information content (AvgIpc) is 2.84. The van der Waals surface area contributed by atoms with Crippen molar-refractivity contribution in [1.29, 1.82) is 0 Å². The minimum Gasteiger partial charge on any atom is -0.300 e. The van der Waals surface area contributed by atoms with Crippen molar-refractivity contribution in [3.8, 4) is 0 Å². The van der Waals surface area contributed by atoms with E-state index in [0.29, 0.717) is 27.4 Å². The molecule has 0 spiro atoms. The Labute approximate surface area is 170 Å². The quantitative estimate of drug-likeness (QED) is 0.581. The Balaban J connectivity index is 1.98. The van der Waals surface area contributed by atoms with Crippen LogP contribution in [0.15, 0.2) is 35.3 Å². The zero-order chi connectivity index (χ0) is 19.5. The van der Waals surface area contributed by atoms with Crippen LogP contribution in [0.5, 0.6) is 0 Å². The zero-order valence-corrected chi connectivity index (χ0v) is 17.4. The summed E-state index contributed by atoms with van der Waals surface area (Å²) in [6, 6.07) is 9.48. The molecule has 0 saturated heterocycles. The molecule has 0 unspecified atom stereocenters. The molecule has 140 valence electrons. The molecule has 0 radical (unpaired) electrons. The van der Waals surface area contributed by atoms with Crippen molar-refractivity contribution < 1.29 is 4.79 Å². The summed E-state index contributed by atoms with van der Waals surface area (Å²) in [6.45, 7) is 8.63. The van der Waals surface area contributed by atoms with Gasteiger partial charge >= 0.3 is 0 Å². The highest BCUT2D eigenvalue weighted by molar-refractivity contribution is 6.55. The molecule has 5 heteroatoms. The van der Waals surface area contributed by atoms with E-state index < -0.39 is 0 Å². The predicted octanol–water partition coefficient (Wildman–Crippen LogP) is 6.31. The van der Waals surface area contributed by atoms with E-state index >= 15 is 0 Å². The number of nitrogens with zero attached hydrogens (tertiary/aromatic N) is 2. The van der Waals surface area contributed by atoms with Crippen LogP contribution < -0.4 is 4.90 Å². The number of halogens is 2. The minimum atomic E-state index is -0.255. The van der Waals surface area contributed by atoms with Gasteiger partial charge in [0.15, 0.2) is 0 Å². The van der Waals surface area contributed by atoms with Gasteiger partial charge in [0.2, 0.25) is 0 Å². The molecular weight excluding hydrogens is 379 g/mol. The first-order valence-electron chi connectivity index (χ1n) is 9.28. The largest absolute Gasteiger partial charge is 0.300 e. The van der Waals surface area contributed by atoms with Crippen LogP contribution >= 0.6 is 23.2 Å². The van der Waals surface area contributed by atoms with Gasteiger partial charge in [0, 0.05) is 21.1 Å². The number of anilines is 1. The van der Waals surface area contributed by atoms with Gasteiger partial charge in [-0.15, -0.1) is 0 Å². The molecule has 0 saturated carbocycles. The van der Waals surface area contributed by atoms with Crippen molar-refractivity contribution in [2.75, 3.05) is 4.90 Å². The highest BCUT2D eigenvalue weighted by Gasteiger charge is 2.48. The molecule has 2 aliphatic heterocycles. The van der Waals surface area contributed by atoms with Crippen molar-refractivity contribution in [2.45, 2.75) is 52.0 Å². The lowest BCUT2D eigenvalue weighted by atomic mass is 9.79. The summed E-state index contributed by atoms with van der Waals surface area (Å²) >= 11 is 12.3. The lowest BCUT2D eigenvalue weighted by Gasteiger charge is -2.43. The predicted molar refractivity (Wildman–Crippen MR) is 113 cm³/mol. The number of amides is 1. The summed E-state index contributed by atoms with van der Waals surface area (Å²) in [4.78, 5) is 20.0. The van der Waals surface area contributed by atoms with E-state index in [1.165, 1.54) is 11.1 Å². The normalized spacial score (nSPS) is 21.7. The van der Waals surface area contributed by atoms with Crippen molar-refractivity contribution in [3.05, 3.63) is 57.1 Å². The van der Waals surface area contributed by atoms with Crippen LogP contribution in [0.1, 0.15) is 56.7 Å². The van der Waals surface area contributed by atoms with Gasteiger partial charge in [-0.3, -0.25) is 4.79 Å². The van der Waals surface area contributed by atoms with Gasteiger partial charge in [-0.25, -0.2) is 4.99 Å². The second-order valence-electron chi connectivity index (χ2n) is 8.08. The van der Waals surface area contributed by atoms with Crippen molar-refractivity contribution in [2.24, 2.45) is 4.99 Å². The molecule has 2 aromatic rings. The zero-order valence-electron chi connectivity index (χ0n) is 15.9. The molecule has 2 aliphatic rings. The Bertz CT molecular complexity index is 974. The topological polar surface area (TPSA) is 32.7 Å². The summed E-state index contributed by atoms with van der Waals surface area (Å²) in [6.07, 6.45) is 1.84. The Hall–Kier alpha value is -1.84. The Morgan fingerprint density at radius 2 is 1.81 bits per heavy atom. The van der Waals surface area contributed by atoms with Crippen LogP contribution in [0.3, 0.4) is 0 Å². The third kappa shape index (κ3) is 2.97. The first kappa shape index (κ1) is 18.5. The van der Waals surface area contributed by atoms with E-state index in [0.717, 1.165) is 24.1 Å². The van der Waals surface area contributed by atoms with Gasteiger partial charge in [-0.1, -0.05) is 43.1 Å². The first-order chi connectivity index (χ1) is 12.7. The third-order valence-corrected chi connectivity index (χ3v) is 5.96. The van der Waals surface area contributed by atoms with Gasteiger partial charge in [0.1, 0.15) is 5.71 Å². The maximum Gasteiger partial charge on any atom is 0.278 e.